The van der Waals surface area contributed by atoms with Crippen LogP contribution in [0.2, 0.25) is 0 Å². The summed E-state index contributed by atoms with van der Waals surface area (Å²) in [5.74, 6) is 4.37. The van der Waals surface area contributed by atoms with Crippen molar-refractivity contribution in [2.45, 2.75) is 51.4 Å². The van der Waals surface area contributed by atoms with Gasteiger partial charge in [0.25, 0.3) is 0 Å². The van der Waals surface area contributed by atoms with Crippen molar-refractivity contribution in [3.63, 3.8) is 0 Å². The Bertz CT molecular complexity index is 2460. The fraction of sp³-hybridized carbons (Fsp3) is 0.224. The van der Waals surface area contributed by atoms with E-state index in [0.717, 1.165) is 61.9 Å². The lowest BCUT2D eigenvalue weighted by atomic mass is 9.54. The number of fused-ring (bicyclic) bond motifs is 3. The maximum absolute atomic E-state index is 9.30. The third-order valence-corrected chi connectivity index (χ3v) is 11.7. The summed E-state index contributed by atoms with van der Waals surface area (Å²) in [6, 6.07) is 51.0. The van der Waals surface area contributed by atoms with E-state index in [0.29, 0.717) is 28.5 Å². The molecule has 1 heterocycles. The first-order chi connectivity index (χ1) is 25.9. The average Bonchev–Trinajstić information content (AvgIpc) is 3.20. The first kappa shape index (κ1) is 33.0. The summed E-state index contributed by atoms with van der Waals surface area (Å²) >= 11 is 0. The molecule has 9 rings (SSSR count). The van der Waals surface area contributed by atoms with E-state index in [2.05, 4.69) is 123 Å². The highest BCUT2D eigenvalue weighted by atomic mass is 15.0. The van der Waals surface area contributed by atoms with Gasteiger partial charge in [-0.2, -0.15) is 5.26 Å². The van der Waals surface area contributed by atoms with Crippen molar-refractivity contribution >= 4 is 10.8 Å². The highest BCUT2D eigenvalue weighted by Crippen LogP contribution is 2.54. The molecule has 2 bridgehead atoms. The van der Waals surface area contributed by atoms with E-state index in [-0.39, 0.29) is 0 Å². The minimum absolute atomic E-state index is 0.303. The van der Waals surface area contributed by atoms with Gasteiger partial charge in [-0.3, -0.25) is 0 Å². The van der Waals surface area contributed by atoms with Gasteiger partial charge in [0, 0.05) is 16.7 Å². The van der Waals surface area contributed by atoms with Crippen molar-refractivity contribution < 1.29 is 0 Å². The molecular weight excluding hydrogens is 645 g/mol. The summed E-state index contributed by atoms with van der Waals surface area (Å²) in [5.41, 5.74) is 9.87. The molecular formula is C49H42N4. The Morgan fingerprint density at radius 1 is 0.509 bits per heavy atom. The molecule has 4 heteroatoms. The molecule has 1 unspecified atom stereocenters. The van der Waals surface area contributed by atoms with Crippen LogP contribution in [-0.4, -0.2) is 15.0 Å². The lowest BCUT2D eigenvalue weighted by Crippen LogP contribution is -2.42. The molecule has 2 aliphatic carbocycles. The summed E-state index contributed by atoms with van der Waals surface area (Å²) in [6.45, 7) is 4.92. The van der Waals surface area contributed by atoms with Crippen LogP contribution in [0.3, 0.4) is 0 Å². The van der Waals surface area contributed by atoms with E-state index in [1.165, 1.54) is 43.2 Å². The lowest BCUT2D eigenvalue weighted by Gasteiger charge is -2.50. The van der Waals surface area contributed by atoms with Gasteiger partial charge >= 0.3 is 0 Å². The predicted octanol–water partition coefficient (Wildman–Crippen LogP) is 12.3. The van der Waals surface area contributed by atoms with Crippen LogP contribution in [0.5, 0.6) is 0 Å². The largest absolute Gasteiger partial charge is 0.208 e. The monoisotopic (exact) mass is 686 g/mol. The number of hydrogen-bond donors (Lipinski definition) is 0. The molecule has 1 aromatic heterocycles. The lowest BCUT2D eigenvalue weighted by molar-refractivity contribution is 0.0780. The fourth-order valence-electron chi connectivity index (χ4n) is 9.64. The van der Waals surface area contributed by atoms with Crippen LogP contribution in [0, 0.1) is 29.1 Å². The van der Waals surface area contributed by atoms with Crippen LogP contribution < -0.4 is 0 Å². The molecule has 258 valence electrons. The van der Waals surface area contributed by atoms with Gasteiger partial charge in [-0.05, 0) is 112 Å². The second kappa shape index (κ2) is 13.6. The van der Waals surface area contributed by atoms with Crippen LogP contribution in [0.4, 0.5) is 0 Å². The zero-order chi connectivity index (χ0) is 35.9. The molecule has 6 aromatic carbocycles. The molecule has 4 nitrogen and oxygen atoms in total. The van der Waals surface area contributed by atoms with Crippen LogP contribution in [0.25, 0.3) is 67.2 Å². The second-order valence-corrected chi connectivity index (χ2v) is 15.7. The van der Waals surface area contributed by atoms with Crippen molar-refractivity contribution in [2.75, 3.05) is 0 Å². The third kappa shape index (κ3) is 6.42. The smallest absolute Gasteiger partial charge is 0.164 e. The van der Waals surface area contributed by atoms with E-state index in [1.54, 1.807) is 0 Å². The topological polar surface area (TPSA) is 62.5 Å². The van der Waals surface area contributed by atoms with Crippen molar-refractivity contribution in [1.82, 2.24) is 15.0 Å². The Hall–Kier alpha value is -5.92. The van der Waals surface area contributed by atoms with E-state index in [4.69, 9.17) is 15.0 Å². The quantitative estimate of drug-likeness (QED) is 0.175. The van der Waals surface area contributed by atoms with E-state index in [9.17, 15) is 5.26 Å². The summed E-state index contributed by atoms with van der Waals surface area (Å²) < 4.78 is 0. The van der Waals surface area contributed by atoms with Crippen LogP contribution in [0.1, 0.15) is 57.1 Å². The number of nitriles is 1. The molecule has 4 atom stereocenters. The standard InChI is InChI=1S/C49H42N4/c1-32-24-35-25-33(2)29-49(28-32,30-35)43-22-20-37(21-23-43)44-10-6-7-11-45(44)48-52-46(38-8-4-3-5-9-38)51-47(53-48)39-16-14-36(15-17-39)41-19-18-40-26-34(31-50)12-13-42(40)27-41/h3-23,26-27,32-33,35H,24-25,28-30H2,1-2H3/t32-,33+,35-,49?. The Kier molecular flexibility index (Phi) is 8.43. The zero-order valence-corrected chi connectivity index (χ0v) is 30.3. The van der Waals surface area contributed by atoms with Gasteiger partial charge < -0.3 is 0 Å². The van der Waals surface area contributed by atoms with Gasteiger partial charge in [-0.25, -0.2) is 15.0 Å². The normalized spacial score (nSPS) is 20.9. The molecule has 2 aliphatic rings. The summed E-state index contributed by atoms with van der Waals surface area (Å²) in [5, 5.41) is 11.5. The molecule has 0 N–H and O–H groups in total. The molecule has 0 saturated heterocycles. The Balaban J connectivity index is 1.08. The Labute approximate surface area is 312 Å². The van der Waals surface area contributed by atoms with E-state index in [1.807, 2.05) is 36.4 Å². The average molecular weight is 687 g/mol. The maximum Gasteiger partial charge on any atom is 0.164 e. The molecule has 0 spiro atoms. The molecule has 7 aromatic rings. The maximum atomic E-state index is 9.30. The number of hydrogen-bond acceptors (Lipinski definition) is 4. The number of benzene rings is 6. The van der Waals surface area contributed by atoms with E-state index >= 15 is 0 Å². The van der Waals surface area contributed by atoms with E-state index < -0.39 is 0 Å². The minimum Gasteiger partial charge on any atom is -0.208 e. The molecule has 0 amide bonds. The second-order valence-electron chi connectivity index (χ2n) is 15.7. The highest BCUT2D eigenvalue weighted by Gasteiger charge is 2.45. The van der Waals surface area contributed by atoms with Gasteiger partial charge in [0.2, 0.25) is 0 Å². The number of rotatable bonds is 6. The fourth-order valence-corrected chi connectivity index (χ4v) is 9.64. The highest BCUT2D eigenvalue weighted by molar-refractivity contribution is 5.88. The Morgan fingerprint density at radius 2 is 1.06 bits per heavy atom. The first-order valence-electron chi connectivity index (χ1n) is 19.0. The van der Waals surface area contributed by atoms with Gasteiger partial charge in [0.1, 0.15) is 0 Å². The molecule has 2 saturated carbocycles. The predicted molar refractivity (Wildman–Crippen MR) is 216 cm³/mol. The first-order valence-corrected chi connectivity index (χ1v) is 19.0. The Morgan fingerprint density at radius 3 is 1.75 bits per heavy atom. The zero-order valence-electron chi connectivity index (χ0n) is 30.3. The van der Waals surface area contributed by atoms with Gasteiger partial charge in [0.05, 0.1) is 11.6 Å². The molecule has 0 radical (unpaired) electrons. The van der Waals surface area contributed by atoms with Gasteiger partial charge in [0.15, 0.2) is 17.5 Å². The van der Waals surface area contributed by atoms with Crippen molar-refractivity contribution in [2.24, 2.45) is 17.8 Å². The van der Waals surface area contributed by atoms with Crippen molar-refractivity contribution in [3.05, 3.63) is 151 Å². The van der Waals surface area contributed by atoms with Crippen LogP contribution >= 0.6 is 0 Å². The molecule has 53 heavy (non-hydrogen) atoms. The van der Waals surface area contributed by atoms with Crippen molar-refractivity contribution in [3.8, 4) is 62.5 Å². The summed E-state index contributed by atoms with van der Waals surface area (Å²) in [7, 11) is 0. The SMILES string of the molecule is C[C@@H]1C[C@@H]2C[C@H](C)CC(c3ccc(-c4ccccc4-c4nc(-c5ccccc5)nc(-c5ccc(-c6ccc7cc(C#N)ccc7c6)cc5)n4)cc3)(C1)C2. The summed E-state index contributed by atoms with van der Waals surface area (Å²) in [6.07, 6.45) is 6.70. The van der Waals surface area contributed by atoms with Crippen molar-refractivity contribution in [1.29, 1.82) is 5.26 Å². The minimum atomic E-state index is 0.303. The van der Waals surface area contributed by atoms with Crippen LogP contribution in [-0.2, 0) is 5.41 Å². The summed E-state index contributed by atoms with van der Waals surface area (Å²) in [4.78, 5) is 15.3. The molecule has 2 fully saturated rings. The number of aromatic nitrogens is 3. The molecule has 0 aliphatic heterocycles. The van der Waals surface area contributed by atoms with Crippen LogP contribution in [0.15, 0.2) is 140 Å². The number of nitrogens with zero attached hydrogens (tertiary/aromatic N) is 4. The van der Waals surface area contributed by atoms with Gasteiger partial charge in [-0.1, -0.05) is 135 Å². The third-order valence-electron chi connectivity index (χ3n) is 11.7. The van der Waals surface area contributed by atoms with Gasteiger partial charge in [-0.15, -0.1) is 0 Å².